The molecule has 0 atom stereocenters. The number of thiophene rings is 1. The fourth-order valence-corrected chi connectivity index (χ4v) is 1.98. The van der Waals surface area contributed by atoms with Crippen LogP contribution in [0.5, 0.6) is 0 Å². The van der Waals surface area contributed by atoms with Crippen LogP contribution in [0.4, 0.5) is 0 Å². The summed E-state index contributed by atoms with van der Waals surface area (Å²) in [6.45, 7) is 0. The Hall–Kier alpha value is -1.68. The predicted octanol–water partition coefficient (Wildman–Crippen LogP) is 2.46. The van der Waals surface area contributed by atoms with Crippen LogP contribution in [0.15, 0.2) is 41.2 Å². The van der Waals surface area contributed by atoms with Crippen LogP contribution in [0.3, 0.4) is 0 Å². The number of hydrogen-bond acceptors (Lipinski definition) is 3. The monoisotopic (exact) mass is 201 g/mol. The highest BCUT2D eigenvalue weighted by molar-refractivity contribution is 7.08. The first-order valence-electron chi connectivity index (χ1n) is 4.27. The van der Waals surface area contributed by atoms with E-state index in [1.54, 1.807) is 15.9 Å². The minimum Gasteiger partial charge on any atom is -0.221 e. The molecule has 0 fully saturated rings. The van der Waals surface area contributed by atoms with E-state index in [1.165, 1.54) is 0 Å². The second kappa shape index (κ2) is 2.92. The van der Waals surface area contributed by atoms with E-state index in [0.717, 1.165) is 17.0 Å². The third-order valence-electron chi connectivity index (χ3n) is 2.02. The fourth-order valence-electron chi connectivity index (χ4n) is 1.35. The number of hydrogen-bond donors (Lipinski definition) is 0. The van der Waals surface area contributed by atoms with Crippen LogP contribution >= 0.6 is 11.3 Å². The Kier molecular flexibility index (Phi) is 1.61. The molecule has 3 aromatic rings. The van der Waals surface area contributed by atoms with Crippen molar-refractivity contribution in [3.05, 3.63) is 41.2 Å². The van der Waals surface area contributed by atoms with Gasteiger partial charge in [0.1, 0.15) is 0 Å². The van der Waals surface area contributed by atoms with E-state index < -0.39 is 0 Å². The zero-order valence-electron chi connectivity index (χ0n) is 7.29. The standard InChI is InChI=1S/C10H7N3S/c1-2-5-13-9(3-1)11-10(12-13)8-4-6-14-7-8/h1-7H. The first kappa shape index (κ1) is 7.70. The van der Waals surface area contributed by atoms with Gasteiger partial charge in [0.15, 0.2) is 11.5 Å². The maximum Gasteiger partial charge on any atom is 0.182 e. The Balaban J connectivity index is 2.24. The maximum atomic E-state index is 4.41. The number of aromatic nitrogens is 3. The molecule has 0 aromatic carbocycles. The second-order valence-electron chi connectivity index (χ2n) is 2.95. The molecular weight excluding hydrogens is 194 g/mol. The summed E-state index contributed by atoms with van der Waals surface area (Å²) in [6, 6.07) is 7.88. The summed E-state index contributed by atoms with van der Waals surface area (Å²) in [7, 11) is 0. The van der Waals surface area contributed by atoms with Gasteiger partial charge in [-0.15, -0.1) is 5.10 Å². The van der Waals surface area contributed by atoms with Gasteiger partial charge >= 0.3 is 0 Å². The van der Waals surface area contributed by atoms with Gasteiger partial charge in [-0.1, -0.05) is 6.07 Å². The lowest BCUT2D eigenvalue weighted by molar-refractivity contribution is 0.966. The highest BCUT2D eigenvalue weighted by Gasteiger charge is 2.04. The van der Waals surface area contributed by atoms with Crippen LogP contribution in [-0.2, 0) is 0 Å². The van der Waals surface area contributed by atoms with E-state index in [4.69, 9.17) is 0 Å². The van der Waals surface area contributed by atoms with Gasteiger partial charge in [0.2, 0.25) is 0 Å². The molecule has 3 nitrogen and oxygen atoms in total. The third-order valence-corrected chi connectivity index (χ3v) is 2.70. The number of rotatable bonds is 1. The Morgan fingerprint density at radius 3 is 3.00 bits per heavy atom. The van der Waals surface area contributed by atoms with Crippen molar-refractivity contribution in [3.8, 4) is 11.4 Å². The van der Waals surface area contributed by atoms with Crippen molar-refractivity contribution >= 4 is 17.0 Å². The molecule has 68 valence electrons. The SMILES string of the molecule is c1ccn2nc(-c3ccsc3)nc2c1. The van der Waals surface area contributed by atoms with Crippen molar-refractivity contribution in [1.29, 1.82) is 0 Å². The molecule has 3 rings (SSSR count). The van der Waals surface area contributed by atoms with E-state index in [9.17, 15) is 0 Å². The molecule has 0 aliphatic rings. The molecule has 3 heterocycles. The van der Waals surface area contributed by atoms with Crippen LogP contribution in [-0.4, -0.2) is 14.6 Å². The Morgan fingerprint density at radius 1 is 1.21 bits per heavy atom. The van der Waals surface area contributed by atoms with Gasteiger partial charge in [-0.05, 0) is 23.6 Å². The molecule has 0 aliphatic heterocycles. The average molecular weight is 201 g/mol. The molecule has 14 heavy (non-hydrogen) atoms. The van der Waals surface area contributed by atoms with Gasteiger partial charge in [-0.25, -0.2) is 9.50 Å². The molecule has 0 saturated carbocycles. The minimum atomic E-state index is 0.789. The summed E-state index contributed by atoms with van der Waals surface area (Å²) in [6.07, 6.45) is 1.90. The summed E-state index contributed by atoms with van der Waals surface area (Å²) in [5, 5.41) is 8.45. The maximum absolute atomic E-state index is 4.41. The fraction of sp³-hybridized carbons (Fsp3) is 0. The van der Waals surface area contributed by atoms with Gasteiger partial charge in [-0.2, -0.15) is 11.3 Å². The smallest absolute Gasteiger partial charge is 0.182 e. The Labute approximate surface area is 84.7 Å². The van der Waals surface area contributed by atoms with E-state index in [-0.39, 0.29) is 0 Å². The quantitative estimate of drug-likeness (QED) is 0.605. The molecule has 0 amide bonds. The number of nitrogens with zero attached hydrogens (tertiary/aromatic N) is 3. The van der Waals surface area contributed by atoms with Crippen molar-refractivity contribution in [1.82, 2.24) is 14.6 Å². The number of pyridine rings is 1. The van der Waals surface area contributed by atoms with Crippen molar-refractivity contribution in [2.75, 3.05) is 0 Å². The van der Waals surface area contributed by atoms with Gasteiger partial charge in [-0.3, -0.25) is 0 Å². The minimum absolute atomic E-state index is 0.789. The molecular formula is C10H7N3S. The van der Waals surface area contributed by atoms with Crippen LogP contribution in [0.25, 0.3) is 17.0 Å². The third kappa shape index (κ3) is 1.12. The summed E-state index contributed by atoms with van der Waals surface area (Å²) in [5.74, 6) is 0.789. The van der Waals surface area contributed by atoms with Crippen molar-refractivity contribution in [3.63, 3.8) is 0 Å². The predicted molar refractivity (Wildman–Crippen MR) is 56.3 cm³/mol. The lowest BCUT2D eigenvalue weighted by Gasteiger charge is -1.85. The van der Waals surface area contributed by atoms with Gasteiger partial charge in [0.25, 0.3) is 0 Å². The van der Waals surface area contributed by atoms with Crippen LogP contribution in [0.1, 0.15) is 0 Å². The highest BCUT2D eigenvalue weighted by atomic mass is 32.1. The van der Waals surface area contributed by atoms with Crippen LogP contribution in [0, 0.1) is 0 Å². The summed E-state index contributed by atoms with van der Waals surface area (Å²) >= 11 is 1.66. The Morgan fingerprint density at radius 2 is 2.21 bits per heavy atom. The molecule has 4 heteroatoms. The summed E-state index contributed by atoms with van der Waals surface area (Å²) in [5.41, 5.74) is 1.97. The van der Waals surface area contributed by atoms with Gasteiger partial charge < -0.3 is 0 Å². The molecule has 0 spiro atoms. The second-order valence-corrected chi connectivity index (χ2v) is 3.73. The van der Waals surface area contributed by atoms with Gasteiger partial charge in [0.05, 0.1) is 0 Å². The van der Waals surface area contributed by atoms with E-state index >= 15 is 0 Å². The van der Waals surface area contributed by atoms with Crippen LogP contribution in [0.2, 0.25) is 0 Å². The van der Waals surface area contributed by atoms with E-state index in [1.807, 2.05) is 35.8 Å². The van der Waals surface area contributed by atoms with Crippen molar-refractivity contribution in [2.45, 2.75) is 0 Å². The van der Waals surface area contributed by atoms with Gasteiger partial charge in [0, 0.05) is 17.1 Å². The van der Waals surface area contributed by atoms with Crippen molar-refractivity contribution in [2.24, 2.45) is 0 Å². The zero-order chi connectivity index (χ0) is 9.38. The molecule has 0 radical (unpaired) electrons. The molecule has 3 aromatic heterocycles. The van der Waals surface area contributed by atoms with Crippen LogP contribution < -0.4 is 0 Å². The van der Waals surface area contributed by atoms with E-state index in [0.29, 0.717) is 0 Å². The topological polar surface area (TPSA) is 30.2 Å². The lowest BCUT2D eigenvalue weighted by Crippen LogP contribution is -1.83. The van der Waals surface area contributed by atoms with E-state index in [2.05, 4.69) is 15.5 Å². The largest absolute Gasteiger partial charge is 0.221 e. The normalized spacial score (nSPS) is 10.9. The molecule has 0 unspecified atom stereocenters. The molecule has 0 aliphatic carbocycles. The molecule has 0 N–H and O–H groups in total. The average Bonchev–Trinajstić information content (AvgIpc) is 2.86. The first-order valence-corrected chi connectivity index (χ1v) is 5.22. The zero-order valence-corrected chi connectivity index (χ0v) is 8.11. The Bertz CT molecular complexity index is 521. The van der Waals surface area contributed by atoms with Crippen molar-refractivity contribution < 1.29 is 0 Å². The number of fused-ring (bicyclic) bond motifs is 1. The highest BCUT2D eigenvalue weighted by Crippen LogP contribution is 2.18. The first-order chi connectivity index (χ1) is 6.93. The lowest BCUT2D eigenvalue weighted by atomic mass is 10.3. The molecule has 0 bridgehead atoms. The molecule has 0 saturated heterocycles. The summed E-state index contributed by atoms with van der Waals surface area (Å²) in [4.78, 5) is 4.41. The summed E-state index contributed by atoms with van der Waals surface area (Å²) < 4.78 is 1.78.